The Kier molecular flexibility index (Phi) is 13.4. The van der Waals surface area contributed by atoms with Gasteiger partial charge in [0.05, 0.1) is 0 Å². The molecule has 12 nitrogen and oxygen atoms in total. The van der Waals surface area contributed by atoms with Crippen molar-refractivity contribution >= 4 is 105 Å². The minimum atomic E-state index is 0. The molecule has 0 saturated carbocycles. The van der Waals surface area contributed by atoms with Crippen LogP contribution in [0.4, 0.5) is 46.0 Å². The Bertz CT molecular complexity index is 1100. The van der Waals surface area contributed by atoms with Crippen molar-refractivity contribution in [3.8, 4) is 0 Å². The molecule has 0 spiro atoms. The Morgan fingerprint density at radius 1 is 0.556 bits per heavy atom. The maximum atomic E-state index is 5.86. The van der Waals surface area contributed by atoms with Gasteiger partial charge in [-0.25, -0.2) is 0 Å². The number of hydrogen-bond acceptors (Lipinski definition) is 12. The van der Waals surface area contributed by atoms with Gasteiger partial charge in [0.15, 0.2) is 23.3 Å². The number of nitrogen functional groups attached to an aromatic ring is 4. The summed E-state index contributed by atoms with van der Waals surface area (Å²) in [7, 11) is 0. The van der Waals surface area contributed by atoms with Crippen molar-refractivity contribution < 1.29 is 0 Å². The van der Waals surface area contributed by atoms with E-state index in [1.807, 2.05) is 84.3 Å². The number of benzene rings is 2. The van der Waals surface area contributed by atoms with E-state index in [2.05, 4.69) is 30.8 Å². The van der Waals surface area contributed by atoms with E-state index in [9.17, 15) is 0 Å². The summed E-state index contributed by atoms with van der Waals surface area (Å²) in [5.41, 5.74) is 25.7. The molecule has 0 aliphatic rings. The number of hydrogen-bond donors (Lipinski definition) is 4. The molecule has 0 unspecified atom stereocenters. The molecule has 4 aromatic rings. The summed E-state index contributed by atoms with van der Waals surface area (Å²) >= 11 is 0. The third-order valence-corrected chi connectivity index (χ3v) is 4.90. The molecule has 36 heavy (non-hydrogen) atoms. The first kappa shape index (κ1) is 31.3. The molecule has 14 heteroatoms. The third kappa shape index (κ3) is 7.63. The molecule has 0 aliphatic carbocycles. The van der Waals surface area contributed by atoms with Gasteiger partial charge in [0.2, 0.25) is 0 Å². The second kappa shape index (κ2) is 15.4. The first-order chi connectivity index (χ1) is 16.5. The predicted molar refractivity (Wildman–Crippen MR) is 147 cm³/mol. The minimum Gasteiger partial charge on any atom is -0.393 e. The Balaban J connectivity index is 0.000000341. The van der Waals surface area contributed by atoms with E-state index < -0.39 is 0 Å². The number of nitrogens with zero attached hydrogens (tertiary/aromatic N) is 8. The van der Waals surface area contributed by atoms with Crippen molar-refractivity contribution in [2.24, 2.45) is 0 Å². The van der Waals surface area contributed by atoms with Crippen LogP contribution in [0.15, 0.2) is 60.7 Å². The van der Waals surface area contributed by atoms with Crippen molar-refractivity contribution in [1.82, 2.24) is 30.8 Å². The largest absolute Gasteiger partial charge is 0.393 e. The van der Waals surface area contributed by atoms with Gasteiger partial charge in [-0.15, -0.1) is 20.4 Å². The molecule has 178 valence electrons. The van der Waals surface area contributed by atoms with Crippen LogP contribution < -0.4 is 32.7 Å². The molecule has 0 amide bonds. The van der Waals surface area contributed by atoms with E-state index in [1.165, 1.54) is 0 Å². The van der Waals surface area contributed by atoms with Gasteiger partial charge in [-0.1, -0.05) is 36.4 Å². The summed E-state index contributed by atoms with van der Waals surface area (Å²) in [4.78, 5) is 3.86. The van der Waals surface area contributed by atoms with Crippen molar-refractivity contribution in [3.63, 3.8) is 0 Å². The van der Waals surface area contributed by atoms with Crippen LogP contribution in [0.3, 0.4) is 0 Å². The summed E-state index contributed by atoms with van der Waals surface area (Å²) in [6.07, 6.45) is 0. The van der Waals surface area contributed by atoms with E-state index in [0.717, 1.165) is 11.4 Å². The van der Waals surface area contributed by atoms with E-state index in [4.69, 9.17) is 22.9 Å². The quantitative estimate of drug-likeness (QED) is 0.277. The molecule has 2 aromatic heterocycles. The molecule has 4 rings (SSSR count). The monoisotopic (exact) mass is 506 g/mol. The summed E-state index contributed by atoms with van der Waals surface area (Å²) < 4.78 is 0. The second-order valence-electron chi connectivity index (χ2n) is 6.98. The van der Waals surface area contributed by atoms with Crippen LogP contribution in [-0.2, 0) is 0 Å². The first-order valence-electron chi connectivity index (χ1n) is 10.6. The van der Waals surface area contributed by atoms with Gasteiger partial charge in [0, 0.05) is 83.6 Å². The molecule has 0 saturated heterocycles. The molecule has 8 N–H and O–H groups in total. The average molecular weight is 507 g/mol. The topological polar surface area (TPSA) is 188 Å². The van der Waals surface area contributed by atoms with Crippen LogP contribution in [0.5, 0.6) is 0 Å². The minimum absolute atomic E-state index is 0. The Morgan fingerprint density at radius 2 is 0.889 bits per heavy atom. The van der Waals surface area contributed by atoms with Gasteiger partial charge < -0.3 is 32.7 Å². The van der Waals surface area contributed by atoms with Crippen molar-refractivity contribution in [3.05, 3.63) is 60.7 Å². The average Bonchev–Trinajstić information content (AvgIpc) is 2.87. The van der Waals surface area contributed by atoms with Gasteiger partial charge >= 0.3 is 0 Å². The molecule has 0 atom stereocenters. The van der Waals surface area contributed by atoms with Gasteiger partial charge in [-0.3, -0.25) is 0 Å². The zero-order valence-electron chi connectivity index (χ0n) is 21.1. The molecular formula is C22H28N12Na2. The number of anilines is 8. The van der Waals surface area contributed by atoms with Gasteiger partial charge in [-0.05, 0) is 48.5 Å². The number of aromatic nitrogens is 6. The Labute approximate surface area is 254 Å². The van der Waals surface area contributed by atoms with Crippen LogP contribution in [0.1, 0.15) is 13.8 Å². The van der Waals surface area contributed by atoms with Gasteiger partial charge in [0.1, 0.15) is 11.4 Å². The van der Waals surface area contributed by atoms with Gasteiger partial charge in [-0.2, -0.15) is 0 Å². The van der Waals surface area contributed by atoms with Gasteiger partial charge in [0.25, 0.3) is 0 Å². The third-order valence-electron chi connectivity index (χ3n) is 4.90. The van der Waals surface area contributed by atoms with Crippen LogP contribution in [0.25, 0.3) is 0 Å². The molecule has 2 heterocycles. The van der Waals surface area contributed by atoms with Crippen LogP contribution in [-0.4, -0.2) is 103 Å². The Morgan fingerprint density at radius 3 is 1.19 bits per heavy atom. The first-order valence-corrected chi connectivity index (χ1v) is 10.6. The van der Waals surface area contributed by atoms with E-state index in [-0.39, 0.29) is 70.8 Å². The van der Waals surface area contributed by atoms with Crippen LogP contribution in [0.2, 0.25) is 0 Å². The van der Waals surface area contributed by atoms with Crippen LogP contribution in [0, 0.1) is 0 Å². The molecule has 2 aromatic carbocycles. The number of para-hydroxylation sites is 2. The van der Waals surface area contributed by atoms with Crippen molar-refractivity contribution in [2.45, 2.75) is 13.8 Å². The predicted octanol–water partition coefficient (Wildman–Crippen LogP) is 1.63. The standard InChI is InChI=1S/2C11H14N6.2Na/c2*1-2-17(8-6-4-3-5-7-8)11-9(12)10(13)14-16-15-11;;/h2*3-7H,2H2,1H3,(H2,12,16)(H2,13,14,15);;. The fourth-order valence-electron chi connectivity index (χ4n) is 3.19. The molecule has 0 fully saturated rings. The summed E-state index contributed by atoms with van der Waals surface area (Å²) in [5, 5.41) is 22.3. The smallest absolute Gasteiger partial charge is 0.184 e. The zero-order valence-corrected chi connectivity index (χ0v) is 25.1. The maximum absolute atomic E-state index is 5.86. The maximum Gasteiger partial charge on any atom is 0.184 e. The van der Waals surface area contributed by atoms with Crippen molar-refractivity contribution in [2.75, 3.05) is 45.8 Å². The molecule has 0 aliphatic heterocycles. The number of rotatable bonds is 6. The van der Waals surface area contributed by atoms with E-state index in [1.54, 1.807) is 0 Å². The SMILES string of the molecule is CCN(c1ccccc1)c1nnnc(N)c1N.CCN(c1ccccc1)c1nnnc(N)c1N.[Na].[Na]. The second-order valence-corrected chi connectivity index (χ2v) is 6.98. The fourth-order valence-corrected chi connectivity index (χ4v) is 3.19. The molecule has 0 bridgehead atoms. The molecular weight excluding hydrogens is 478 g/mol. The Hall–Kier alpha value is -2.74. The fraction of sp³-hybridized carbons (Fsp3) is 0.182. The normalized spacial score (nSPS) is 9.61. The van der Waals surface area contributed by atoms with Crippen molar-refractivity contribution in [1.29, 1.82) is 0 Å². The zero-order chi connectivity index (χ0) is 24.5. The summed E-state index contributed by atoms with van der Waals surface area (Å²) in [6.45, 7) is 5.44. The number of nitrogens with two attached hydrogens (primary N) is 4. The van der Waals surface area contributed by atoms with Crippen LogP contribution >= 0.6 is 0 Å². The van der Waals surface area contributed by atoms with E-state index >= 15 is 0 Å². The molecule has 2 radical (unpaired) electrons. The summed E-state index contributed by atoms with van der Waals surface area (Å²) in [5.74, 6) is 1.46. The van der Waals surface area contributed by atoms with E-state index in [0.29, 0.717) is 36.1 Å². The summed E-state index contributed by atoms with van der Waals surface area (Å²) in [6, 6.07) is 19.6.